The number of carbonyl (C=O) groups is 2. The first kappa shape index (κ1) is 24.7. The number of nitrogens with one attached hydrogen (secondary N) is 1. The average Bonchev–Trinajstić information content (AvgIpc) is 2.81. The minimum atomic E-state index is -3.59. The Kier molecular flexibility index (Phi) is 8.10. The lowest BCUT2D eigenvalue weighted by Gasteiger charge is -2.32. The van der Waals surface area contributed by atoms with E-state index in [1.165, 1.54) is 14.0 Å². The van der Waals surface area contributed by atoms with Gasteiger partial charge in [-0.1, -0.05) is 17.7 Å². The number of amides is 1. The summed E-state index contributed by atoms with van der Waals surface area (Å²) >= 11 is 0. The number of aryl methyl sites for hydroxylation is 1. The minimum absolute atomic E-state index is 0.0207. The molecule has 0 saturated carbocycles. The molecule has 9 heteroatoms. The van der Waals surface area contributed by atoms with Crippen LogP contribution < -0.4 is 14.2 Å². The zero-order valence-corrected chi connectivity index (χ0v) is 20.0. The molecule has 1 atom stereocenters. The van der Waals surface area contributed by atoms with Crippen LogP contribution in [-0.2, 0) is 14.8 Å². The van der Waals surface area contributed by atoms with Crippen LogP contribution >= 0.6 is 0 Å². The number of benzene rings is 2. The quantitative estimate of drug-likeness (QED) is 0.561. The van der Waals surface area contributed by atoms with Crippen LogP contribution in [0.2, 0.25) is 0 Å². The van der Waals surface area contributed by atoms with Crippen molar-refractivity contribution in [3.05, 3.63) is 53.6 Å². The number of methoxy groups -OCH3 is 1. The largest absolute Gasteiger partial charge is 0.493 e. The zero-order valence-electron chi connectivity index (χ0n) is 19.2. The predicted molar refractivity (Wildman–Crippen MR) is 124 cm³/mol. The Morgan fingerprint density at radius 1 is 1.12 bits per heavy atom. The minimum Gasteiger partial charge on any atom is -0.493 e. The Balaban J connectivity index is 1.54. The molecule has 1 fully saturated rings. The normalized spacial score (nSPS) is 16.3. The van der Waals surface area contributed by atoms with Crippen LogP contribution in [0.1, 0.15) is 35.7 Å². The van der Waals surface area contributed by atoms with Gasteiger partial charge in [0.1, 0.15) is 0 Å². The van der Waals surface area contributed by atoms with Crippen LogP contribution in [0, 0.1) is 12.8 Å². The van der Waals surface area contributed by atoms with E-state index in [1.807, 2.05) is 6.92 Å². The molecular weight excluding hydrogens is 444 g/mol. The molecule has 3 rings (SSSR count). The van der Waals surface area contributed by atoms with Gasteiger partial charge in [0.2, 0.25) is 10.0 Å². The van der Waals surface area contributed by atoms with E-state index in [2.05, 4.69) is 4.72 Å². The van der Waals surface area contributed by atoms with Crippen molar-refractivity contribution in [3.63, 3.8) is 0 Å². The molecular formula is C24H30N2O6S. The molecule has 2 aromatic carbocycles. The molecule has 1 aliphatic heterocycles. The second-order valence-corrected chi connectivity index (χ2v) is 9.99. The predicted octanol–water partition coefficient (Wildman–Crippen LogP) is 2.80. The van der Waals surface area contributed by atoms with Crippen molar-refractivity contribution in [2.75, 3.05) is 33.4 Å². The summed E-state index contributed by atoms with van der Waals surface area (Å²) in [4.78, 5) is 26.2. The van der Waals surface area contributed by atoms with Crippen LogP contribution in [-0.4, -0.2) is 58.4 Å². The fourth-order valence-corrected chi connectivity index (χ4v) is 4.84. The molecule has 0 aromatic heterocycles. The number of sulfonamides is 1. The second kappa shape index (κ2) is 10.8. The molecule has 0 aliphatic carbocycles. The first-order valence-corrected chi connectivity index (χ1v) is 12.3. The van der Waals surface area contributed by atoms with Gasteiger partial charge >= 0.3 is 0 Å². The number of hydrogen-bond donors (Lipinski definition) is 1. The number of carbonyl (C=O) groups excluding carboxylic acids is 2. The van der Waals surface area contributed by atoms with E-state index in [0.29, 0.717) is 30.2 Å². The van der Waals surface area contributed by atoms with E-state index >= 15 is 0 Å². The van der Waals surface area contributed by atoms with Gasteiger partial charge in [0, 0.05) is 25.2 Å². The number of piperidine rings is 1. The van der Waals surface area contributed by atoms with Crippen LogP contribution in [0.3, 0.4) is 0 Å². The number of hydrogen-bond acceptors (Lipinski definition) is 6. The molecule has 1 aliphatic rings. The first-order chi connectivity index (χ1) is 15.7. The molecule has 1 heterocycles. The molecule has 1 N–H and O–H groups in total. The van der Waals surface area contributed by atoms with Crippen molar-refractivity contribution in [1.29, 1.82) is 0 Å². The maximum Gasteiger partial charge on any atom is 0.260 e. The lowest BCUT2D eigenvalue weighted by molar-refractivity contribution is -0.135. The summed E-state index contributed by atoms with van der Waals surface area (Å²) in [6.45, 7) is 4.52. The first-order valence-electron chi connectivity index (χ1n) is 10.9. The van der Waals surface area contributed by atoms with E-state index in [1.54, 1.807) is 47.4 Å². The van der Waals surface area contributed by atoms with Crippen molar-refractivity contribution in [1.82, 2.24) is 9.62 Å². The summed E-state index contributed by atoms with van der Waals surface area (Å²) in [5.74, 6) is 0.521. The monoisotopic (exact) mass is 474 g/mol. The third-order valence-corrected chi connectivity index (χ3v) is 7.13. The van der Waals surface area contributed by atoms with Crippen molar-refractivity contribution in [2.45, 2.75) is 31.6 Å². The van der Waals surface area contributed by atoms with Crippen molar-refractivity contribution in [3.8, 4) is 11.5 Å². The molecule has 0 bridgehead atoms. The van der Waals surface area contributed by atoms with Gasteiger partial charge in [-0.3, -0.25) is 9.59 Å². The highest BCUT2D eigenvalue weighted by Crippen LogP contribution is 2.28. The molecule has 8 nitrogen and oxygen atoms in total. The Hall–Kier alpha value is -2.91. The lowest BCUT2D eigenvalue weighted by Crippen LogP contribution is -2.45. The van der Waals surface area contributed by atoms with Crippen molar-refractivity contribution in [2.24, 2.45) is 5.92 Å². The fourth-order valence-electron chi connectivity index (χ4n) is 3.72. The maximum absolute atomic E-state index is 12.7. The van der Waals surface area contributed by atoms with Crippen LogP contribution in [0.25, 0.3) is 0 Å². The topological polar surface area (TPSA) is 102 Å². The van der Waals surface area contributed by atoms with Gasteiger partial charge in [-0.05, 0) is 62.9 Å². The average molecular weight is 475 g/mol. The highest BCUT2D eigenvalue weighted by atomic mass is 32.2. The number of Topliss-reactive ketones (excluding diaryl/α,β-unsaturated/α-hetero) is 1. The van der Waals surface area contributed by atoms with E-state index in [4.69, 9.17) is 9.47 Å². The Bertz CT molecular complexity index is 1100. The SMILES string of the molecule is COc1cc(C(C)=O)ccc1OCC(=O)N1CCCC(CNS(=O)(=O)c2ccc(C)cc2)C1. The van der Waals surface area contributed by atoms with Gasteiger partial charge < -0.3 is 14.4 Å². The Morgan fingerprint density at radius 2 is 1.85 bits per heavy atom. The van der Waals surface area contributed by atoms with Gasteiger partial charge in [0.25, 0.3) is 5.91 Å². The number of ketones is 1. The van der Waals surface area contributed by atoms with Gasteiger partial charge in [-0.2, -0.15) is 0 Å². The summed E-state index contributed by atoms with van der Waals surface area (Å²) in [7, 11) is -2.12. The molecule has 1 saturated heterocycles. The van der Waals surface area contributed by atoms with Crippen molar-refractivity contribution >= 4 is 21.7 Å². The maximum atomic E-state index is 12.7. The summed E-state index contributed by atoms with van der Waals surface area (Å²) in [6, 6.07) is 11.5. The van der Waals surface area contributed by atoms with E-state index in [9.17, 15) is 18.0 Å². The third kappa shape index (κ3) is 6.55. The number of likely N-dealkylation sites (tertiary alicyclic amines) is 1. The Morgan fingerprint density at radius 3 is 2.52 bits per heavy atom. The van der Waals surface area contributed by atoms with E-state index in [0.717, 1.165) is 18.4 Å². The smallest absolute Gasteiger partial charge is 0.260 e. The molecule has 0 spiro atoms. The van der Waals surface area contributed by atoms with Crippen LogP contribution in [0.5, 0.6) is 11.5 Å². The van der Waals surface area contributed by atoms with Gasteiger partial charge in [0.05, 0.1) is 12.0 Å². The summed E-state index contributed by atoms with van der Waals surface area (Å²) < 4.78 is 38.7. The summed E-state index contributed by atoms with van der Waals surface area (Å²) in [5, 5.41) is 0. The molecule has 2 aromatic rings. The highest BCUT2D eigenvalue weighted by molar-refractivity contribution is 7.89. The van der Waals surface area contributed by atoms with Gasteiger partial charge in [-0.25, -0.2) is 13.1 Å². The fraction of sp³-hybridized carbons (Fsp3) is 0.417. The summed E-state index contributed by atoms with van der Waals surface area (Å²) in [6.07, 6.45) is 1.63. The molecule has 0 radical (unpaired) electrons. The molecule has 33 heavy (non-hydrogen) atoms. The van der Waals surface area contributed by atoms with Crippen LogP contribution in [0.15, 0.2) is 47.4 Å². The van der Waals surface area contributed by atoms with Gasteiger partial charge in [-0.15, -0.1) is 0 Å². The third-order valence-electron chi connectivity index (χ3n) is 5.69. The Labute approximate surface area is 194 Å². The van der Waals surface area contributed by atoms with E-state index < -0.39 is 10.0 Å². The number of ether oxygens (including phenoxy) is 2. The zero-order chi connectivity index (χ0) is 24.0. The second-order valence-electron chi connectivity index (χ2n) is 8.22. The molecule has 1 unspecified atom stereocenters. The standard InChI is InChI=1S/C24H30N2O6S/c1-17-6-9-21(10-7-17)33(29,30)25-14-19-5-4-12-26(15-19)24(28)16-32-22-11-8-20(18(2)27)13-23(22)31-3/h6-11,13,19,25H,4-5,12,14-16H2,1-3H3. The molecule has 178 valence electrons. The van der Waals surface area contributed by atoms with Crippen LogP contribution in [0.4, 0.5) is 0 Å². The van der Waals surface area contributed by atoms with Crippen molar-refractivity contribution < 1.29 is 27.5 Å². The number of nitrogens with zero attached hydrogens (tertiary/aromatic N) is 1. The van der Waals surface area contributed by atoms with Gasteiger partial charge in [0.15, 0.2) is 23.9 Å². The number of rotatable bonds is 9. The van der Waals surface area contributed by atoms with E-state index in [-0.39, 0.29) is 35.7 Å². The lowest BCUT2D eigenvalue weighted by atomic mass is 9.98. The summed E-state index contributed by atoms with van der Waals surface area (Å²) in [5.41, 5.74) is 1.49. The highest BCUT2D eigenvalue weighted by Gasteiger charge is 2.26. The molecule has 1 amide bonds.